The summed E-state index contributed by atoms with van der Waals surface area (Å²) in [5.41, 5.74) is 2.98. The molecule has 1 heterocycles. The van der Waals surface area contributed by atoms with Crippen LogP contribution in [0.4, 0.5) is 0 Å². The zero-order valence-electron chi connectivity index (χ0n) is 11.3. The molecule has 1 aromatic carbocycles. The molecule has 2 aromatic rings. The van der Waals surface area contributed by atoms with Crippen molar-refractivity contribution in [1.82, 2.24) is 4.98 Å². The summed E-state index contributed by atoms with van der Waals surface area (Å²) >= 11 is 0. The third-order valence-corrected chi connectivity index (χ3v) is 3.02. The van der Waals surface area contributed by atoms with Crippen LogP contribution in [0.25, 0.3) is 0 Å². The van der Waals surface area contributed by atoms with Gasteiger partial charge in [0.15, 0.2) is 0 Å². The van der Waals surface area contributed by atoms with E-state index in [1.54, 1.807) is 13.1 Å². The number of pyridine rings is 1. The number of aliphatic hydroxyl groups excluding tert-OH is 1. The van der Waals surface area contributed by atoms with Crippen LogP contribution in [0.2, 0.25) is 0 Å². The Hall–Kier alpha value is -1.87. The number of hydrogen-bond donors (Lipinski definition) is 1. The van der Waals surface area contributed by atoms with Gasteiger partial charge in [0.25, 0.3) is 0 Å². The molecule has 0 amide bonds. The lowest BCUT2D eigenvalue weighted by Gasteiger charge is -2.11. The van der Waals surface area contributed by atoms with Crippen LogP contribution in [0.5, 0.6) is 5.75 Å². The first-order valence-corrected chi connectivity index (χ1v) is 6.48. The number of benzene rings is 1. The van der Waals surface area contributed by atoms with E-state index in [1.165, 1.54) is 0 Å². The average molecular weight is 257 g/mol. The zero-order valence-corrected chi connectivity index (χ0v) is 11.3. The molecule has 0 bridgehead atoms. The lowest BCUT2D eigenvalue weighted by molar-refractivity contribution is 0.199. The van der Waals surface area contributed by atoms with Crippen molar-refractivity contribution in [3.05, 3.63) is 59.4 Å². The molecule has 0 unspecified atom stereocenters. The monoisotopic (exact) mass is 257 g/mol. The molecule has 0 fully saturated rings. The first-order valence-electron chi connectivity index (χ1n) is 6.48. The molecule has 0 aliphatic heterocycles. The van der Waals surface area contributed by atoms with Gasteiger partial charge in [-0.05, 0) is 49.2 Å². The van der Waals surface area contributed by atoms with Crippen molar-refractivity contribution < 1.29 is 9.84 Å². The number of ether oxygens (including phenoxy) is 1. The highest BCUT2D eigenvalue weighted by Crippen LogP contribution is 2.22. The molecule has 1 atom stereocenters. The van der Waals surface area contributed by atoms with Crippen LogP contribution in [-0.2, 0) is 6.42 Å². The maximum atomic E-state index is 9.51. The molecule has 0 saturated carbocycles. The van der Waals surface area contributed by atoms with Crippen molar-refractivity contribution in [3.8, 4) is 5.75 Å². The van der Waals surface area contributed by atoms with Gasteiger partial charge in [0.05, 0.1) is 12.7 Å². The van der Waals surface area contributed by atoms with E-state index in [1.807, 2.05) is 43.3 Å². The summed E-state index contributed by atoms with van der Waals surface area (Å²) < 4.78 is 5.75. The second kappa shape index (κ2) is 6.34. The standard InChI is InChI=1S/C16H19NO2/c1-12-11-14(13(2)18)6-7-16(12)19-10-8-15-5-3-4-9-17-15/h3-7,9,11,13,18H,8,10H2,1-2H3/t13-/m1/s1. The molecule has 0 spiro atoms. The average Bonchev–Trinajstić information content (AvgIpc) is 2.41. The van der Waals surface area contributed by atoms with Crippen molar-refractivity contribution in [2.45, 2.75) is 26.4 Å². The Morgan fingerprint density at radius 3 is 2.74 bits per heavy atom. The smallest absolute Gasteiger partial charge is 0.122 e. The van der Waals surface area contributed by atoms with Gasteiger partial charge in [0, 0.05) is 18.3 Å². The van der Waals surface area contributed by atoms with Crippen LogP contribution in [-0.4, -0.2) is 16.7 Å². The lowest BCUT2D eigenvalue weighted by atomic mass is 10.1. The topological polar surface area (TPSA) is 42.4 Å². The van der Waals surface area contributed by atoms with Gasteiger partial charge in [-0.15, -0.1) is 0 Å². The van der Waals surface area contributed by atoms with Gasteiger partial charge in [-0.2, -0.15) is 0 Å². The van der Waals surface area contributed by atoms with Crippen molar-refractivity contribution in [1.29, 1.82) is 0 Å². The van der Waals surface area contributed by atoms with Gasteiger partial charge in [0.2, 0.25) is 0 Å². The van der Waals surface area contributed by atoms with Crippen molar-refractivity contribution in [3.63, 3.8) is 0 Å². The highest BCUT2D eigenvalue weighted by atomic mass is 16.5. The normalized spacial score (nSPS) is 12.2. The third-order valence-electron chi connectivity index (χ3n) is 3.02. The fraction of sp³-hybridized carbons (Fsp3) is 0.312. The summed E-state index contributed by atoms with van der Waals surface area (Å²) in [6, 6.07) is 11.6. The molecule has 19 heavy (non-hydrogen) atoms. The minimum Gasteiger partial charge on any atom is -0.493 e. The Morgan fingerprint density at radius 2 is 2.11 bits per heavy atom. The maximum Gasteiger partial charge on any atom is 0.122 e. The predicted octanol–water partition coefficient (Wildman–Crippen LogP) is 3.06. The lowest BCUT2D eigenvalue weighted by Crippen LogP contribution is -2.04. The molecule has 1 aromatic heterocycles. The molecule has 100 valence electrons. The molecule has 2 rings (SSSR count). The van der Waals surface area contributed by atoms with E-state index >= 15 is 0 Å². The molecule has 1 N–H and O–H groups in total. The highest BCUT2D eigenvalue weighted by molar-refractivity contribution is 5.36. The van der Waals surface area contributed by atoms with Gasteiger partial charge in [-0.3, -0.25) is 4.98 Å². The van der Waals surface area contributed by atoms with Gasteiger partial charge in [-0.1, -0.05) is 12.1 Å². The fourth-order valence-electron chi connectivity index (χ4n) is 1.91. The summed E-state index contributed by atoms with van der Waals surface area (Å²) in [5.74, 6) is 0.861. The van der Waals surface area contributed by atoms with E-state index in [0.717, 1.165) is 29.0 Å². The van der Waals surface area contributed by atoms with Crippen LogP contribution in [0, 0.1) is 6.92 Å². The van der Waals surface area contributed by atoms with E-state index in [-0.39, 0.29) is 0 Å². The number of aliphatic hydroxyl groups is 1. The predicted molar refractivity (Wildman–Crippen MR) is 75.2 cm³/mol. The molecular weight excluding hydrogens is 238 g/mol. The van der Waals surface area contributed by atoms with E-state index in [0.29, 0.717) is 6.61 Å². The fourth-order valence-corrected chi connectivity index (χ4v) is 1.91. The number of rotatable bonds is 5. The van der Waals surface area contributed by atoms with Crippen molar-refractivity contribution >= 4 is 0 Å². The molecule has 0 radical (unpaired) electrons. The summed E-state index contributed by atoms with van der Waals surface area (Å²) in [4.78, 5) is 4.26. The molecule has 3 nitrogen and oxygen atoms in total. The molecule has 0 aliphatic rings. The summed E-state index contributed by atoms with van der Waals surface area (Å²) in [6.45, 7) is 4.35. The van der Waals surface area contributed by atoms with Crippen LogP contribution in [0.3, 0.4) is 0 Å². The van der Waals surface area contributed by atoms with E-state index in [4.69, 9.17) is 4.74 Å². The maximum absolute atomic E-state index is 9.51. The van der Waals surface area contributed by atoms with Crippen molar-refractivity contribution in [2.75, 3.05) is 6.61 Å². The Morgan fingerprint density at radius 1 is 1.26 bits per heavy atom. The number of nitrogens with zero attached hydrogens (tertiary/aromatic N) is 1. The van der Waals surface area contributed by atoms with E-state index < -0.39 is 6.10 Å². The summed E-state index contributed by atoms with van der Waals surface area (Å²) in [7, 11) is 0. The highest BCUT2D eigenvalue weighted by Gasteiger charge is 2.05. The van der Waals surface area contributed by atoms with Crippen LogP contribution in [0.15, 0.2) is 42.6 Å². The third kappa shape index (κ3) is 3.80. The Bertz CT molecular complexity index is 524. The van der Waals surface area contributed by atoms with Gasteiger partial charge in [-0.25, -0.2) is 0 Å². The van der Waals surface area contributed by atoms with Crippen LogP contribution < -0.4 is 4.74 Å². The summed E-state index contributed by atoms with van der Waals surface area (Å²) in [6.07, 6.45) is 2.14. The first kappa shape index (κ1) is 13.6. The minimum absolute atomic E-state index is 0.443. The molecular formula is C16H19NO2. The molecule has 3 heteroatoms. The quantitative estimate of drug-likeness (QED) is 0.895. The second-order valence-corrected chi connectivity index (χ2v) is 4.62. The summed E-state index contributed by atoms with van der Waals surface area (Å²) in [5, 5.41) is 9.51. The van der Waals surface area contributed by atoms with Gasteiger partial charge < -0.3 is 9.84 Å². The zero-order chi connectivity index (χ0) is 13.7. The second-order valence-electron chi connectivity index (χ2n) is 4.62. The van der Waals surface area contributed by atoms with Crippen LogP contribution in [0.1, 0.15) is 29.8 Å². The minimum atomic E-state index is -0.443. The van der Waals surface area contributed by atoms with Crippen molar-refractivity contribution in [2.24, 2.45) is 0 Å². The van der Waals surface area contributed by atoms with E-state index in [9.17, 15) is 5.11 Å². The molecule has 0 aliphatic carbocycles. The Kier molecular flexibility index (Phi) is 4.53. The van der Waals surface area contributed by atoms with Gasteiger partial charge in [0.1, 0.15) is 5.75 Å². The molecule has 0 saturated heterocycles. The Balaban J connectivity index is 1.93. The van der Waals surface area contributed by atoms with E-state index in [2.05, 4.69) is 4.98 Å². The first-order chi connectivity index (χ1) is 9.16. The Labute approximate surface area is 113 Å². The van der Waals surface area contributed by atoms with Gasteiger partial charge >= 0.3 is 0 Å². The number of hydrogen-bond acceptors (Lipinski definition) is 3. The largest absolute Gasteiger partial charge is 0.493 e. The number of aromatic nitrogens is 1. The number of aryl methyl sites for hydroxylation is 1. The van der Waals surface area contributed by atoms with Crippen LogP contribution >= 0.6 is 0 Å². The SMILES string of the molecule is Cc1cc([C@@H](C)O)ccc1OCCc1ccccn1.